The van der Waals surface area contributed by atoms with Gasteiger partial charge in [0, 0.05) is 6.42 Å². The van der Waals surface area contributed by atoms with Crippen molar-refractivity contribution >= 4 is 23.9 Å². The molecule has 124 valence electrons. The molecule has 0 bridgehead atoms. The third-order valence-corrected chi connectivity index (χ3v) is 1.55. The summed E-state index contributed by atoms with van der Waals surface area (Å²) in [5.74, 6) is -4.13. The maximum Gasteiger partial charge on any atom is 0.320 e. The molecule has 2 atom stereocenters. The molecule has 11 nitrogen and oxygen atoms in total. The van der Waals surface area contributed by atoms with Crippen molar-refractivity contribution in [3.8, 4) is 0 Å². The van der Waals surface area contributed by atoms with E-state index in [0.29, 0.717) is 0 Å². The molecule has 11 heteroatoms. The molecule has 0 amide bonds. The minimum atomic E-state index is -1.17. The Kier molecular flexibility index (Phi) is 16.1. The van der Waals surface area contributed by atoms with Crippen LogP contribution in [0.1, 0.15) is 19.8 Å². The first-order valence-corrected chi connectivity index (χ1v) is 5.56. The van der Waals surface area contributed by atoms with Crippen LogP contribution in [0.2, 0.25) is 0 Å². The van der Waals surface area contributed by atoms with Crippen LogP contribution in [-0.2, 0) is 19.2 Å². The van der Waals surface area contributed by atoms with Crippen LogP contribution in [0.4, 0.5) is 0 Å². The second-order valence-electron chi connectivity index (χ2n) is 3.60. The van der Waals surface area contributed by atoms with Crippen LogP contribution < -0.4 is 17.2 Å². The van der Waals surface area contributed by atoms with Gasteiger partial charge in [-0.25, -0.2) is 0 Å². The smallest absolute Gasteiger partial charge is 0.320 e. The fourth-order valence-electron chi connectivity index (χ4n) is 0.402. The van der Waals surface area contributed by atoms with Crippen LogP contribution in [0.5, 0.6) is 0 Å². The van der Waals surface area contributed by atoms with Crippen LogP contribution >= 0.6 is 0 Å². The first-order chi connectivity index (χ1) is 9.45. The molecule has 0 rings (SSSR count). The Bertz CT molecular complexity index is 345. The van der Waals surface area contributed by atoms with Crippen LogP contribution in [-0.4, -0.2) is 62.9 Å². The third kappa shape index (κ3) is 27.1. The first kappa shape index (κ1) is 23.8. The summed E-state index contributed by atoms with van der Waals surface area (Å²) in [5, 5.41) is 31.7. The van der Waals surface area contributed by atoms with E-state index in [0.717, 1.165) is 0 Å². The van der Waals surface area contributed by atoms with E-state index in [1.54, 1.807) is 0 Å². The van der Waals surface area contributed by atoms with E-state index in [1.165, 1.54) is 6.92 Å². The summed E-state index contributed by atoms with van der Waals surface area (Å²) in [6.45, 7) is 1.14. The number of rotatable bonds is 6. The average Bonchev–Trinajstić information content (AvgIpc) is 2.36. The number of hydrogen-bond acceptors (Lipinski definition) is 7. The summed E-state index contributed by atoms with van der Waals surface area (Å²) in [6.07, 6.45) is -0.224. The highest BCUT2D eigenvalue weighted by molar-refractivity contribution is 5.74. The van der Waals surface area contributed by atoms with E-state index in [-0.39, 0.29) is 19.4 Å². The number of hydrogen-bond donors (Lipinski definition) is 7. The van der Waals surface area contributed by atoms with Gasteiger partial charge in [0.15, 0.2) is 0 Å². The molecular formula is C10H21N3O8. The summed E-state index contributed by atoms with van der Waals surface area (Å²) in [6, 6.07) is -1.79. The highest BCUT2D eigenvalue weighted by Crippen LogP contribution is 1.93. The van der Waals surface area contributed by atoms with Gasteiger partial charge in [0.05, 0.1) is 6.54 Å². The Hall–Kier alpha value is -2.24. The lowest BCUT2D eigenvalue weighted by atomic mass is 10.2. The van der Waals surface area contributed by atoms with Crippen molar-refractivity contribution in [1.82, 2.24) is 0 Å². The van der Waals surface area contributed by atoms with E-state index in [1.807, 2.05) is 0 Å². The highest BCUT2D eigenvalue weighted by Gasteiger charge is 2.12. The van der Waals surface area contributed by atoms with Crippen LogP contribution in [0.25, 0.3) is 0 Å². The van der Waals surface area contributed by atoms with Crippen molar-refractivity contribution in [1.29, 1.82) is 0 Å². The van der Waals surface area contributed by atoms with Crippen molar-refractivity contribution in [2.45, 2.75) is 31.8 Å². The molecule has 21 heavy (non-hydrogen) atoms. The molecule has 0 fully saturated rings. The Morgan fingerprint density at radius 2 is 1.24 bits per heavy atom. The molecule has 0 aliphatic carbocycles. The van der Waals surface area contributed by atoms with Gasteiger partial charge in [-0.05, 0) is 13.3 Å². The van der Waals surface area contributed by atoms with Crippen LogP contribution in [0.15, 0.2) is 0 Å². The second-order valence-corrected chi connectivity index (χ2v) is 3.60. The number of carboxylic acid groups (broad SMARTS) is 4. The Balaban J connectivity index is -0.000000252. The van der Waals surface area contributed by atoms with E-state index in [2.05, 4.69) is 5.73 Å². The van der Waals surface area contributed by atoms with Gasteiger partial charge in [0.2, 0.25) is 0 Å². The summed E-state index contributed by atoms with van der Waals surface area (Å²) >= 11 is 0. The van der Waals surface area contributed by atoms with Crippen molar-refractivity contribution in [2.75, 3.05) is 6.54 Å². The standard InChI is InChI=1S/C5H9NO4.C3H7NO2.C2H5NO2/c6-3(5(9)10)1-2-4(7)8;1-2(4)3(5)6;3-1-2(4)5/h3H,1-2,6H2,(H,7,8)(H,9,10);2H,4H2,1H3,(H,5,6);1,3H2,(H,4,5)/t3-;2-;/m00./s1. The quantitative estimate of drug-likeness (QED) is 0.276. The Morgan fingerprint density at radius 3 is 1.38 bits per heavy atom. The molecule has 0 spiro atoms. The molecule has 0 aliphatic heterocycles. The van der Waals surface area contributed by atoms with Crippen molar-refractivity contribution < 1.29 is 39.6 Å². The van der Waals surface area contributed by atoms with Crippen molar-refractivity contribution in [3.05, 3.63) is 0 Å². The predicted molar refractivity (Wildman–Crippen MR) is 70.5 cm³/mol. The van der Waals surface area contributed by atoms with Crippen molar-refractivity contribution in [3.63, 3.8) is 0 Å². The van der Waals surface area contributed by atoms with E-state index in [9.17, 15) is 19.2 Å². The lowest BCUT2D eigenvalue weighted by molar-refractivity contribution is -0.140. The maximum absolute atomic E-state index is 9.99. The molecule has 0 aliphatic rings. The van der Waals surface area contributed by atoms with Gasteiger partial charge in [-0.15, -0.1) is 0 Å². The molecular weight excluding hydrogens is 290 g/mol. The summed E-state index contributed by atoms with van der Waals surface area (Å²) in [7, 11) is 0. The Morgan fingerprint density at radius 1 is 0.905 bits per heavy atom. The minimum Gasteiger partial charge on any atom is -0.481 e. The summed E-state index contributed by atoms with van der Waals surface area (Å²) < 4.78 is 0. The monoisotopic (exact) mass is 311 g/mol. The molecule has 0 saturated carbocycles. The van der Waals surface area contributed by atoms with Crippen LogP contribution in [0.3, 0.4) is 0 Å². The van der Waals surface area contributed by atoms with Gasteiger partial charge in [-0.1, -0.05) is 0 Å². The normalized spacial score (nSPS) is 11.6. The zero-order valence-electron chi connectivity index (χ0n) is 11.4. The number of carbonyl (C=O) groups is 4. The summed E-state index contributed by atoms with van der Waals surface area (Å²) in [4.78, 5) is 38.7. The van der Waals surface area contributed by atoms with E-state index < -0.39 is 36.0 Å². The Labute approximate surface area is 120 Å². The highest BCUT2D eigenvalue weighted by atomic mass is 16.4. The molecule has 0 saturated heterocycles. The average molecular weight is 311 g/mol. The lowest BCUT2D eigenvalue weighted by Crippen LogP contribution is -2.30. The zero-order chi connectivity index (χ0) is 17.6. The van der Waals surface area contributed by atoms with Gasteiger partial charge in [-0.3, -0.25) is 19.2 Å². The van der Waals surface area contributed by atoms with Gasteiger partial charge in [-0.2, -0.15) is 0 Å². The second kappa shape index (κ2) is 14.2. The number of aliphatic carboxylic acids is 4. The van der Waals surface area contributed by atoms with Gasteiger partial charge in [0.25, 0.3) is 0 Å². The SMILES string of the molecule is C[C@H](N)C(=O)O.NCC(=O)O.N[C@@H](CCC(=O)O)C(=O)O. The molecule has 0 aromatic rings. The molecule has 0 heterocycles. The molecule has 0 aromatic carbocycles. The van der Waals surface area contributed by atoms with Gasteiger partial charge in [0.1, 0.15) is 12.1 Å². The number of carboxylic acids is 4. The fourth-order valence-corrected chi connectivity index (χ4v) is 0.402. The predicted octanol–water partition coefficient (Wildman–Crippen LogP) is -2.29. The van der Waals surface area contributed by atoms with E-state index >= 15 is 0 Å². The van der Waals surface area contributed by atoms with Gasteiger partial charge >= 0.3 is 23.9 Å². The molecule has 0 aromatic heterocycles. The molecule has 0 radical (unpaired) electrons. The maximum atomic E-state index is 9.99. The third-order valence-electron chi connectivity index (χ3n) is 1.55. The van der Waals surface area contributed by atoms with Gasteiger partial charge < -0.3 is 37.6 Å². The molecule has 0 unspecified atom stereocenters. The largest absolute Gasteiger partial charge is 0.481 e. The van der Waals surface area contributed by atoms with E-state index in [4.69, 9.17) is 31.9 Å². The topological polar surface area (TPSA) is 227 Å². The number of nitrogens with two attached hydrogens (primary N) is 3. The lowest BCUT2D eigenvalue weighted by Gasteiger charge is -2.01. The molecule has 10 N–H and O–H groups in total. The van der Waals surface area contributed by atoms with Crippen LogP contribution in [0, 0.1) is 0 Å². The minimum absolute atomic E-state index is 0.0231. The summed E-state index contributed by atoms with van der Waals surface area (Å²) in [5.41, 5.74) is 14.4. The zero-order valence-corrected chi connectivity index (χ0v) is 11.4. The fraction of sp³-hybridized carbons (Fsp3) is 0.600. The van der Waals surface area contributed by atoms with Crippen molar-refractivity contribution in [2.24, 2.45) is 17.2 Å². The first-order valence-electron chi connectivity index (χ1n) is 5.56.